The molecule has 2 aromatic rings. The molecule has 0 amide bonds. The first-order valence-corrected chi connectivity index (χ1v) is 9.17. The van der Waals surface area contributed by atoms with Gasteiger partial charge in [0.2, 0.25) is 0 Å². The standard InChI is InChI=1S/C17H15BrN2O3S/c1-3-10-23-17-9-6-15(18)11-14(17)12-19-20-24(21,22)16-7-4-13(2)5-8-16/h1,4-9,11-12,20H,10H2,2H3/b19-12-. The number of nitrogens with one attached hydrogen (secondary N) is 1. The fourth-order valence-corrected chi connectivity index (χ4v) is 2.98. The molecule has 0 aliphatic heterocycles. The molecule has 0 bridgehead atoms. The summed E-state index contributed by atoms with van der Waals surface area (Å²) in [7, 11) is -3.72. The minimum Gasteiger partial charge on any atom is -0.480 e. The van der Waals surface area contributed by atoms with Gasteiger partial charge >= 0.3 is 0 Å². The van der Waals surface area contributed by atoms with E-state index in [1.54, 1.807) is 30.3 Å². The molecule has 0 saturated heterocycles. The van der Waals surface area contributed by atoms with E-state index in [-0.39, 0.29) is 11.5 Å². The van der Waals surface area contributed by atoms with Gasteiger partial charge in [-0.25, -0.2) is 4.83 Å². The lowest BCUT2D eigenvalue weighted by molar-refractivity contribution is 0.370. The molecule has 124 valence electrons. The molecule has 7 heteroatoms. The maximum atomic E-state index is 12.2. The topological polar surface area (TPSA) is 67.8 Å². The highest BCUT2D eigenvalue weighted by atomic mass is 79.9. The molecule has 0 spiro atoms. The second-order valence-electron chi connectivity index (χ2n) is 4.84. The zero-order chi connectivity index (χ0) is 17.6. The van der Waals surface area contributed by atoms with Crippen molar-refractivity contribution in [3.05, 3.63) is 58.1 Å². The average Bonchev–Trinajstić information content (AvgIpc) is 2.54. The van der Waals surface area contributed by atoms with Crippen molar-refractivity contribution < 1.29 is 13.2 Å². The van der Waals surface area contributed by atoms with Crippen molar-refractivity contribution in [2.45, 2.75) is 11.8 Å². The van der Waals surface area contributed by atoms with Crippen LogP contribution in [0.5, 0.6) is 5.75 Å². The molecule has 0 aliphatic carbocycles. The number of aryl methyl sites for hydroxylation is 1. The van der Waals surface area contributed by atoms with Crippen molar-refractivity contribution in [1.82, 2.24) is 4.83 Å². The lowest BCUT2D eigenvalue weighted by atomic mass is 10.2. The minimum absolute atomic E-state index is 0.109. The fourth-order valence-electron chi connectivity index (χ4n) is 1.81. The molecule has 0 unspecified atom stereocenters. The molecule has 0 radical (unpaired) electrons. The van der Waals surface area contributed by atoms with Crippen LogP contribution in [0.4, 0.5) is 0 Å². The first kappa shape index (κ1) is 18.0. The monoisotopic (exact) mass is 406 g/mol. The quantitative estimate of drug-likeness (QED) is 0.455. The Hall–Kier alpha value is -2.30. The third-order valence-corrected chi connectivity index (χ3v) is 4.72. The predicted molar refractivity (Wildman–Crippen MR) is 97.6 cm³/mol. The van der Waals surface area contributed by atoms with Crippen molar-refractivity contribution in [2.75, 3.05) is 6.61 Å². The Labute approximate surface area is 149 Å². The lowest BCUT2D eigenvalue weighted by Crippen LogP contribution is -2.18. The average molecular weight is 407 g/mol. The van der Waals surface area contributed by atoms with Gasteiger partial charge in [-0.15, -0.1) is 6.42 Å². The maximum absolute atomic E-state index is 12.2. The van der Waals surface area contributed by atoms with Gasteiger partial charge in [0.15, 0.2) is 0 Å². The van der Waals surface area contributed by atoms with Crippen molar-refractivity contribution in [3.8, 4) is 18.1 Å². The Morgan fingerprint density at radius 3 is 2.67 bits per heavy atom. The number of halogens is 1. The van der Waals surface area contributed by atoms with Crippen molar-refractivity contribution in [3.63, 3.8) is 0 Å². The molecule has 0 saturated carbocycles. The van der Waals surface area contributed by atoms with E-state index in [0.29, 0.717) is 11.3 Å². The summed E-state index contributed by atoms with van der Waals surface area (Å²) in [5.41, 5.74) is 1.56. The molecule has 1 N–H and O–H groups in total. The fraction of sp³-hybridized carbons (Fsp3) is 0.118. The number of hydrazone groups is 1. The van der Waals surface area contributed by atoms with Crippen LogP contribution in [0.25, 0.3) is 0 Å². The molecule has 0 heterocycles. The van der Waals surface area contributed by atoms with Gasteiger partial charge in [0.05, 0.1) is 11.1 Å². The van der Waals surface area contributed by atoms with E-state index < -0.39 is 10.0 Å². The van der Waals surface area contributed by atoms with Crippen LogP contribution in [0.2, 0.25) is 0 Å². The van der Waals surface area contributed by atoms with Crippen LogP contribution in [0.15, 0.2) is 56.9 Å². The lowest BCUT2D eigenvalue weighted by Gasteiger charge is -2.07. The SMILES string of the molecule is C#CCOc1ccc(Br)cc1/C=N\NS(=O)(=O)c1ccc(C)cc1. The van der Waals surface area contributed by atoms with E-state index in [0.717, 1.165) is 10.0 Å². The highest BCUT2D eigenvalue weighted by molar-refractivity contribution is 9.10. The van der Waals surface area contributed by atoms with Gasteiger partial charge in [-0.1, -0.05) is 39.5 Å². The normalized spacial score (nSPS) is 11.2. The summed E-state index contributed by atoms with van der Waals surface area (Å²) >= 11 is 3.34. The van der Waals surface area contributed by atoms with Crippen LogP contribution < -0.4 is 9.57 Å². The molecular formula is C17H15BrN2O3S. The molecule has 24 heavy (non-hydrogen) atoms. The highest BCUT2D eigenvalue weighted by Gasteiger charge is 2.12. The van der Waals surface area contributed by atoms with E-state index in [4.69, 9.17) is 11.2 Å². The van der Waals surface area contributed by atoms with Crippen LogP contribution in [0.3, 0.4) is 0 Å². The van der Waals surface area contributed by atoms with Gasteiger partial charge in [-0.2, -0.15) is 13.5 Å². The molecule has 2 rings (SSSR count). The van der Waals surface area contributed by atoms with Crippen LogP contribution in [-0.4, -0.2) is 21.2 Å². The summed E-state index contributed by atoms with van der Waals surface area (Å²) in [4.78, 5) is 2.32. The van der Waals surface area contributed by atoms with Crippen molar-refractivity contribution in [1.29, 1.82) is 0 Å². The Morgan fingerprint density at radius 1 is 1.29 bits per heavy atom. The summed E-state index contributed by atoms with van der Waals surface area (Å²) < 4.78 is 30.5. The van der Waals surface area contributed by atoms with E-state index in [9.17, 15) is 8.42 Å². The molecular weight excluding hydrogens is 392 g/mol. The van der Waals surface area contributed by atoms with Crippen LogP contribution in [0.1, 0.15) is 11.1 Å². The van der Waals surface area contributed by atoms with Crippen LogP contribution >= 0.6 is 15.9 Å². The maximum Gasteiger partial charge on any atom is 0.276 e. The first-order chi connectivity index (χ1) is 11.4. The van der Waals surface area contributed by atoms with E-state index in [2.05, 4.69) is 31.8 Å². The van der Waals surface area contributed by atoms with Crippen LogP contribution in [0, 0.1) is 19.3 Å². The molecule has 2 aromatic carbocycles. The number of sulfonamides is 1. The summed E-state index contributed by atoms with van der Waals surface area (Å²) in [5, 5.41) is 3.81. The predicted octanol–water partition coefficient (Wildman–Crippen LogP) is 3.08. The molecule has 5 nitrogen and oxygen atoms in total. The van der Waals surface area contributed by atoms with Gasteiger partial charge in [-0.3, -0.25) is 0 Å². The Bertz CT molecular complexity index is 885. The second-order valence-corrected chi connectivity index (χ2v) is 7.42. The summed E-state index contributed by atoms with van der Waals surface area (Å²) in [6.45, 7) is 1.99. The molecule has 0 fully saturated rings. The number of hydrogen-bond acceptors (Lipinski definition) is 4. The third-order valence-electron chi connectivity index (χ3n) is 2.99. The number of nitrogens with zero attached hydrogens (tertiary/aromatic N) is 1. The van der Waals surface area contributed by atoms with Crippen molar-refractivity contribution >= 4 is 32.2 Å². The van der Waals surface area contributed by atoms with E-state index >= 15 is 0 Å². The molecule has 0 aromatic heterocycles. The van der Waals surface area contributed by atoms with Gasteiger partial charge in [0.1, 0.15) is 12.4 Å². The van der Waals surface area contributed by atoms with E-state index in [1.165, 1.54) is 18.3 Å². The third kappa shape index (κ3) is 4.85. The van der Waals surface area contributed by atoms with E-state index in [1.807, 2.05) is 6.92 Å². The van der Waals surface area contributed by atoms with Crippen LogP contribution in [-0.2, 0) is 10.0 Å². The van der Waals surface area contributed by atoms with Gasteiger partial charge in [0.25, 0.3) is 10.0 Å². The summed E-state index contributed by atoms with van der Waals surface area (Å²) in [5.74, 6) is 2.88. The van der Waals surface area contributed by atoms with Gasteiger partial charge in [-0.05, 0) is 37.3 Å². The molecule has 0 aliphatic rings. The van der Waals surface area contributed by atoms with Crippen molar-refractivity contribution in [2.24, 2.45) is 5.10 Å². The zero-order valence-corrected chi connectivity index (χ0v) is 15.3. The summed E-state index contributed by atoms with van der Waals surface area (Å²) in [6, 6.07) is 11.7. The zero-order valence-electron chi connectivity index (χ0n) is 12.9. The number of benzene rings is 2. The van der Waals surface area contributed by atoms with Gasteiger partial charge in [0, 0.05) is 10.0 Å². The number of hydrogen-bond donors (Lipinski definition) is 1. The number of rotatable bonds is 6. The molecule has 0 atom stereocenters. The minimum atomic E-state index is -3.72. The second kappa shape index (κ2) is 7.99. The number of terminal acetylenes is 1. The Morgan fingerprint density at radius 2 is 2.00 bits per heavy atom. The largest absolute Gasteiger partial charge is 0.480 e. The highest BCUT2D eigenvalue weighted by Crippen LogP contribution is 2.21. The smallest absolute Gasteiger partial charge is 0.276 e. The first-order valence-electron chi connectivity index (χ1n) is 6.90. The Kier molecular flexibility index (Phi) is 6.01. The number of ether oxygens (including phenoxy) is 1. The summed E-state index contributed by atoms with van der Waals surface area (Å²) in [6.07, 6.45) is 6.54. The van der Waals surface area contributed by atoms with Gasteiger partial charge < -0.3 is 4.74 Å². The Balaban J connectivity index is 2.18.